The van der Waals surface area contributed by atoms with Crippen LogP contribution in [0, 0.1) is 0 Å². The van der Waals surface area contributed by atoms with Gasteiger partial charge in [-0.1, -0.05) is 0 Å². The Morgan fingerprint density at radius 2 is 1.90 bits per heavy atom. The normalized spacial score (nSPS) is 17.9. The van der Waals surface area contributed by atoms with Crippen molar-refractivity contribution < 1.29 is 19.1 Å². The van der Waals surface area contributed by atoms with Gasteiger partial charge in [0, 0.05) is 45.8 Å². The number of methoxy groups -OCH3 is 1. The van der Waals surface area contributed by atoms with Gasteiger partial charge < -0.3 is 24.6 Å². The van der Waals surface area contributed by atoms with Crippen LogP contribution in [0.15, 0.2) is 12.3 Å². The largest absolute Gasteiger partial charge is 0.495 e. The Balaban J connectivity index is 1.60. The van der Waals surface area contributed by atoms with Crippen molar-refractivity contribution >= 4 is 23.5 Å². The molecule has 2 fully saturated rings. The van der Waals surface area contributed by atoms with E-state index in [4.69, 9.17) is 21.1 Å². The van der Waals surface area contributed by atoms with E-state index in [1.165, 1.54) is 0 Å². The van der Waals surface area contributed by atoms with E-state index in [1.54, 1.807) is 23.1 Å². The molecule has 0 spiro atoms. The van der Waals surface area contributed by atoms with Gasteiger partial charge in [-0.15, -0.1) is 11.6 Å². The van der Waals surface area contributed by atoms with Crippen molar-refractivity contribution in [1.29, 1.82) is 0 Å². The Labute approximate surface area is 175 Å². The molecule has 0 aromatic carbocycles. The minimum atomic E-state index is -0.106. The molecule has 9 nitrogen and oxygen atoms in total. The summed E-state index contributed by atoms with van der Waals surface area (Å²) in [6, 6.07) is 1.85. The van der Waals surface area contributed by atoms with Crippen LogP contribution in [0.5, 0.6) is 5.75 Å². The average Bonchev–Trinajstić information content (AvgIpc) is 2.78. The van der Waals surface area contributed by atoms with Crippen LogP contribution in [-0.4, -0.2) is 97.1 Å². The van der Waals surface area contributed by atoms with Crippen LogP contribution in [0.2, 0.25) is 0 Å². The number of amides is 3. The number of carbonyl (C=O) groups excluding carboxylic acids is 2. The number of ether oxygens (including phenoxy) is 2. The molecule has 1 aromatic rings. The fraction of sp³-hybridized carbons (Fsp3) is 0.632. The molecular formula is C19H28ClN5O4. The lowest BCUT2D eigenvalue weighted by atomic mass is 10.1. The third-order valence-corrected chi connectivity index (χ3v) is 5.44. The van der Waals surface area contributed by atoms with Gasteiger partial charge in [-0.25, -0.2) is 4.79 Å². The van der Waals surface area contributed by atoms with Gasteiger partial charge in [0.15, 0.2) is 0 Å². The van der Waals surface area contributed by atoms with Crippen LogP contribution in [0.1, 0.15) is 11.3 Å². The lowest BCUT2D eigenvalue weighted by Gasteiger charge is -2.34. The first-order valence-electron chi connectivity index (χ1n) is 9.79. The summed E-state index contributed by atoms with van der Waals surface area (Å²) in [5, 5.41) is 2.96. The lowest BCUT2D eigenvalue weighted by molar-refractivity contribution is -0.130. The first-order chi connectivity index (χ1) is 14.1. The number of urea groups is 1. The molecule has 10 heteroatoms. The summed E-state index contributed by atoms with van der Waals surface area (Å²) in [5.41, 5.74) is 1.82. The number of piperazine rings is 1. The number of carbonyl (C=O) groups is 2. The fourth-order valence-electron chi connectivity index (χ4n) is 3.44. The summed E-state index contributed by atoms with van der Waals surface area (Å²) in [6.45, 7) is 6.20. The summed E-state index contributed by atoms with van der Waals surface area (Å²) in [6.07, 6.45) is 1.66. The van der Waals surface area contributed by atoms with E-state index < -0.39 is 0 Å². The number of halogens is 1. The molecule has 2 saturated heterocycles. The Bertz CT molecular complexity index is 706. The number of aromatic nitrogens is 1. The molecule has 0 atom stereocenters. The second-order valence-electron chi connectivity index (χ2n) is 7.03. The molecule has 3 heterocycles. The van der Waals surface area contributed by atoms with Gasteiger partial charge in [-0.3, -0.25) is 14.7 Å². The molecule has 0 saturated carbocycles. The smallest absolute Gasteiger partial charge is 0.317 e. The third-order valence-electron chi connectivity index (χ3n) is 5.21. The maximum absolute atomic E-state index is 12.4. The van der Waals surface area contributed by atoms with E-state index in [1.807, 2.05) is 6.07 Å². The molecule has 0 radical (unpaired) electrons. The van der Waals surface area contributed by atoms with Crippen LogP contribution >= 0.6 is 11.6 Å². The highest BCUT2D eigenvalue weighted by Gasteiger charge is 2.22. The Hall–Kier alpha value is -2.10. The number of morpholine rings is 1. The molecule has 2 aliphatic heterocycles. The number of nitrogens with one attached hydrogen (secondary N) is 1. The first kappa shape index (κ1) is 21.6. The highest BCUT2D eigenvalue weighted by atomic mass is 35.5. The first-order valence-corrected chi connectivity index (χ1v) is 10.3. The molecule has 160 valence electrons. The maximum atomic E-state index is 12.4. The number of pyridine rings is 1. The molecule has 3 amide bonds. The Kier molecular flexibility index (Phi) is 7.91. The highest BCUT2D eigenvalue weighted by molar-refractivity contribution is 6.27. The molecule has 0 aliphatic carbocycles. The summed E-state index contributed by atoms with van der Waals surface area (Å²) in [5.74, 6) is 0.673. The molecule has 0 bridgehead atoms. The second-order valence-corrected chi connectivity index (χ2v) is 7.30. The molecule has 3 rings (SSSR count). The van der Waals surface area contributed by atoms with Crippen LogP contribution in [0.4, 0.5) is 4.79 Å². The van der Waals surface area contributed by atoms with Crippen molar-refractivity contribution in [1.82, 2.24) is 25.0 Å². The Morgan fingerprint density at radius 1 is 1.17 bits per heavy atom. The average molecular weight is 426 g/mol. The third kappa shape index (κ3) is 5.94. The van der Waals surface area contributed by atoms with Gasteiger partial charge in [-0.05, 0) is 11.6 Å². The summed E-state index contributed by atoms with van der Waals surface area (Å²) in [7, 11) is 1.61. The molecule has 0 unspecified atom stereocenters. The number of hydrogen-bond acceptors (Lipinski definition) is 6. The van der Waals surface area contributed by atoms with E-state index in [2.05, 4.69) is 15.2 Å². The molecule has 1 N–H and O–H groups in total. The van der Waals surface area contributed by atoms with Gasteiger partial charge in [0.05, 0.1) is 38.8 Å². The van der Waals surface area contributed by atoms with E-state index in [9.17, 15) is 9.59 Å². The van der Waals surface area contributed by atoms with Crippen LogP contribution < -0.4 is 10.1 Å². The van der Waals surface area contributed by atoms with Gasteiger partial charge >= 0.3 is 6.03 Å². The highest BCUT2D eigenvalue weighted by Crippen LogP contribution is 2.18. The topological polar surface area (TPSA) is 87.2 Å². The standard InChI is InChI=1S/C19H28ClN5O4/c1-28-16-10-15(14-23-2-4-24(5-3-23)18(26)11-20)17(21-12-16)13-22-19(27)25-6-8-29-9-7-25/h10,12H,2-9,11,13-14H2,1H3,(H,22,27). The predicted octanol–water partition coefficient (Wildman–Crippen LogP) is 0.515. The number of rotatable bonds is 6. The van der Waals surface area contributed by atoms with Crippen molar-refractivity contribution in [2.45, 2.75) is 13.1 Å². The zero-order valence-electron chi connectivity index (χ0n) is 16.7. The fourth-order valence-corrected chi connectivity index (χ4v) is 3.61. The van der Waals surface area contributed by atoms with Gasteiger partial charge in [0.25, 0.3) is 0 Å². The van der Waals surface area contributed by atoms with Crippen molar-refractivity contribution in [3.63, 3.8) is 0 Å². The molecule has 29 heavy (non-hydrogen) atoms. The Morgan fingerprint density at radius 3 is 2.55 bits per heavy atom. The van der Waals surface area contributed by atoms with Crippen molar-refractivity contribution in [3.8, 4) is 5.75 Å². The molecule has 1 aromatic heterocycles. The maximum Gasteiger partial charge on any atom is 0.317 e. The number of nitrogens with zero attached hydrogens (tertiary/aromatic N) is 4. The van der Waals surface area contributed by atoms with Crippen LogP contribution in [0.3, 0.4) is 0 Å². The number of alkyl halides is 1. The van der Waals surface area contributed by atoms with E-state index >= 15 is 0 Å². The van der Waals surface area contributed by atoms with Gasteiger partial charge in [0.1, 0.15) is 11.6 Å². The predicted molar refractivity (Wildman–Crippen MR) is 108 cm³/mol. The minimum absolute atomic E-state index is 0.0206. The molecule has 2 aliphatic rings. The summed E-state index contributed by atoms with van der Waals surface area (Å²) >= 11 is 5.65. The summed E-state index contributed by atoms with van der Waals surface area (Å²) in [4.78, 5) is 34.4. The molecular weight excluding hydrogens is 398 g/mol. The second kappa shape index (κ2) is 10.6. The van der Waals surface area contributed by atoms with Crippen LogP contribution in [-0.2, 0) is 22.6 Å². The van der Waals surface area contributed by atoms with Gasteiger partial charge in [-0.2, -0.15) is 0 Å². The zero-order chi connectivity index (χ0) is 20.6. The van der Waals surface area contributed by atoms with E-state index in [-0.39, 0.29) is 17.8 Å². The van der Waals surface area contributed by atoms with E-state index in [0.717, 1.165) is 24.3 Å². The quantitative estimate of drug-likeness (QED) is 0.668. The zero-order valence-corrected chi connectivity index (χ0v) is 17.5. The monoisotopic (exact) mass is 425 g/mol. The lowest BCUT2D eigenvalue weighted by Crippen LogP contribution is -2.48. The summed E-state index contributed by atoms with van der Waals surface area (Å²) < 4.78 is 10.6. The minimum Gasteiger partial charge on any atom is -0.495 e. The van der Waals surface area contributed by atoms with Gasteiger partial charge in [0.2, 0.25) is 5.91 Å². The van der Waals surface area contributed by atoms with Crippen molar-refractivity contribution in [2.75, 3.05) is 65.5 Å². The number of hydrogen-bond donors (Lipinski definition) is 1. The van der Waals surface area contributed by atoms with Crippen LogP contribution in [0.25, 0.3) is 0 Å². The SMILES string of the molecule is COc1cnc(CNC(=O)N2CCOCC2)c(CN2CCN(C(=O)CCl)CC2)c1. The van der Waals surface area contributed by atoms with E-state index in [0.29, 0.717) is 58.2 Å². The van der Waals surface area contributed by atoms with Crippen molar-refractivity contribution in [3.05, 3.63) is 23.5 Å². The van der Waals surface area contributed by atoms with Crippen molar-refractivity contribution in [2.24, 2.45) is 0 Å².